The Morgan fingerprint density at radius 2 is 1.96 bits per heavy atom. The Morgan fingerprint density at radius 3 is 2.75 bits per heavy atom. The molecule has 5 nitrogen and oxygen atoms in total. The maximum absolute atomic E-state index is 12.5. The third kappa shape index (κ3) is 4.60. The summed E-state index contributed by atoms with van der Waals surface area (Å²) in [5.41, 5.74) is 2.11. The van der Waals surface area contributed by atoms with Crippen LogP contribution in [0.15, 0.2) is 53.4 Å². The molecule has 1 aliphatic heterocycles. The fraction of sp³-hybridized carbons (Fsp3) is 0.381. The van der Waals surface area contributed by atoms with Crippen LogP contribution in [0, 0.1) is 12.8 Å². The Morgan fingerprint density at radius 1 is 1.18 bits per heavy atom. The second-order valence-electron chi connectivity index (χ2n) is 7.48. The van der Waals surface area contributed by atoms with Crippen LogP contribution in [0.3, 0.4) is 0 Å². The molecule has 1 atom stereocenters. The topological polar surface area (TPSA) is 62.3 Å². The molecule has 0 spiro atoms. The van der Waals surface area contributed by atoms with E-state index in [9.17, 15) is 8.42 Å². The summed E-state index contributed by atoms with van der Waals surface area (Å²) in [6.07, 6.45) is 2.13. The first-order valence-electron chi connectivity index (χ1n) is 9.63. The summed E-state index contributed by atoms with van der Waals surface area (Å²) in [6, 6.07) is 15.2. The van der Waals surface area contributed by atoms with Crippen molar-refractivity contribution in [1.82, 2.24) is 14.6 Å². The van der Waals surface area contributed by atoms with E-state index in [1.165, 1.54) is 4.70 Å². The number of aromatic nitrogens is 1. The molecule has 1 fully saturated rings. The number of piperidine rings is 1. The quantitative estimate of drug-likeness (QED) is 0.665. The summed E-state index contributed by atoms with van der Waals surface area (Å²) in [5.74, 6) is 0.323. The van der Waals surface area contributed by atoms with Gasteiger partial charge < -0.3 is 0 Å². The fourth-order valence-electron chi connectivity index (χ4n) is 3.67. The van der Waals surface area contributed by atoms with Crippen LogP contribution in [0.1, 0.15) is 23.4 Å². The van der Waals surface area contributed by atoms with E-state index in [0.29, 0.717) is 17.4 Å². The first-order valence-corrected chi connectivity index (χ1v) is 11.9. The van der Waals surface area contributed by atoms with Gasteiger partial charge in [-0.15, -0.1) is 11.3 Å². The van der Waals surface area contributed by atoms with E-state index >= 15 is 0 Å². The third-order valence-corrected chi connectivity index (χ3v) is 7.65. The highest BCUT2D eigenvalue weighted by molar-refractivity contribution is 7.89. The lowest BCUT2D eigenvalue weighted by atomic mass is 9.98. The van der Waals surface area contributed by atoms with Gasteiger partial charge in [0.1, 0.15) is 5.01 Å². The first-order chi connectivity index (χ1) is 13.5. The molecule has 0 aliphatic carbocycles. The molecule has 2 heterocycles. The number of benzene rings is 2. The predicted octanol–water partition coefficient (Wildman–Crippen LogP) is 3.80. The molecule has 0 radical (unpaired) electrons. The number of aryl methyl sites for hydroxylation is 1. The van der Waals surface area contributed by atoms with Gasteiger partial charge in [0.2, 0.25) is 10.0 Å². The maximum Gasteiger partial charge on any atom is 0.240 e. The van der Waals surface area contributed by atoms with Gasteiger partial charge in [0, 0.05) is 13.1 Å². The van der Waals surface area contributed by atoms with Gasteiger partial charge in [-0.25, -0.2) is 18.1 Å². The van der Waals surface area contributed by atoms with Gasteiger partial charge >= 0.3 is 0 Å². The highest BCUT2D eigenvalue weighted by atomic mass is 32.2. The molecule has 1 aromatic heterocycles. The zero-order valence-electron chi connectivity index (χ0n) is 16.0. The van der Waals surface area contributed by atoms with Gasteiger partial charge in [-0.2, -0.15) is 0 Å². The summed E-state index contributed by atoms with van der Waals surface area (Å²) in [5, 5.41) is 1.13. The average molecular weight is 416 g/mol. The normalized spacial score (nSPS) is 18.5. The molecule has 1 aliphatic rings. The molecular weight excluding hydrogens is 390 g/mol. The number of hydrogen-bond donors (Lipinski definition) is 1. The lowest BCUT2D eigenvalue weighted by Gasteiger charge is -2.32. The molecule has 4 rings (SSSR count). The molecule has 28 heavy (non-hydrogen) atoms. The van der Waals surface area contributed by atoms with Crippen molar-refractivity contribution in [3.63, 3.8) is 0 Å². The lowest BCUT2D eigenvalue weighted by molar-refractivity contribution is 0.169. The van der Waals surface area contributed by atoms with Crippen LogP contribution >= 0.6 is 11.3 Å². The van der Waals surface area contributed by atoms with Crippen molar-refractivity contribution in [2.75, 3.05) is 19.6 Å². The number of para-hydroxylation sites is 1. The maximum atomic E-state index is 12.5. The number of hydrogen-bond acceptors (Lipinski definition) is 5. The van der Waals surface area contributed by atoms with Crippen molar-refractivity contribution >= 4 is 31.6 Å². The second kappa shape index (κ2) is 8.29. The SMILES string of the molecule is Cc1ccc(S(=O)(=O)NCC2CCCN(Cc3nc4ccccc4s3)C2)cc1. The minimum absolute atomic E-state index is 0.323. The molecular formula is C21H25N3O2S2. The van der Waals surface area contributed by atoms with Crippen molar-refractivity contribution in [1.29, 1.82) is 0 Å². The van der Waals surface area contributed by atoms with Crippen LogP contribution in [0.4, 0.5) is 0 Å². The number of thiazole rings is 1. The van der Waals surface area contributed by atoms with Crippen LogP contribution < -0.4 is 4.72 Å². The molecule has 3 aromatic rings. The van der Waals surface area contributed by atoms with Crippen molar-refractivity contribution in [3.8, 4) is 0 Å². The Hall–Kier alpha value is -1.80. The largest absolute Gasteiger partial charge is 0.296 e. The zero-order valence-corrected chi connectivity index (χ0v) is 17.6. The van der Waals surface area contributed by atoms with Crippen LogP contribution in [-0.2, 0) is 16.6 Å². The van der Waals surface area contributed by atoms with Gasteiger partial charge in [0.15, 0.2) is 0 Å². The molecule has 1 saturated heterocycles. The van der Waals surface area contributed by atoms with E-state index in [1.54, 1.807) is 23.5 Å². The Labute approximate surface area is 170 Å². The van der Waals surface area contributed by atoms with Gasteiger partial charge in [-0.1, -0.05) is 29.8 Å². The standard InChI is InChI=1S/C21H25N3O2S2/c1-16-8-10-18(11-9-16)28(25,26)22-13-17-5-4-12-24(14-17)15-21-23-19-6-2-3-7-20(19)27-21/h2-3,6-11,17,22H,4-5,12-15H2,1H3. The number of fused-ring (bicyclic) bond motifs is 1. The lowest BCUT2D eigenvalue weighted by Crippen LogP contribution is -2.40. The van der Waals surface area contributed by atoms with Crippen molar-refractivity contribution in [2.45, 2.75) is 31.2 Å². The molecule has 0 bridgehead atoms. The third-order valence-electron chi connectivity index (χ3n) is 5.19. The first kappa shape index (κ1) is 19.5. The summed E-state index contributed by atoms with van der Waals surface area (Å²) < 4.78 is 29.1. The Balaban J connectivity index is 1.35. The van der Waals surface area contributed by atoms with Crippen LogP contribution in [0.2, 0.25) is 0 Å². The monoisotopic (exact) mass is 415 g/mol. The number of rotatable bonds is 6. The molecule has 1 unspecified atom stereocenters. The van der Waals surface area contributed by atoms with Gasteiger partial charge in [-0.05, 0) is 56.5 Å². The number of nitrogens with zero attached hydrogens (tertiary/aromatic N) is 2. The predicted molar refractivity (Wildman–Crippen MR) is 114 cm³/mol. The van der Waals surface area contributed by atoms with Crippen molar-refractivity contribution in [3.05, 3.63) is 59.1 Å². The molecule has 148 valence electrons. The number of nitrogens with one attached hydrogen (secondary N) is 1. The van der Waals surface area contributed by atoms with E-state index in [4.69, 9.17) is 4.98 Å². The summed E-state index contributed by atoms with van der Waals surface area (Å²) in [6.45, 7) is 5.20. The van der Waals surface area contributed by atoms with E-state index in [0.717, 1.165) is 48.6 Å². The van der Waals surface area contributed by atoms with E-state index < -0.39 is 10.0 Å². The summed E-state index contributed by atoms with van der Waals surface area (Å²) >= 11 is 1.74. The van der Waals surface area contributed by atoms with Gasteiger partial charge in [-0.3, -0.25) is 4.90 Å². The van der Waals surface area contributed by atoms with Crippen molar-refractivity contribution < 1.29 is 8.42 Å². The Bertz CT molecular complexity index is 1010. The molecule has 1 N–H and O–H groups in total. The Kier molecular flexibility index (Phi) is 5.78. The van der Waals surface area contributed by atoms with Gasteiger partial charge in [0.25, 0.3) is 0 Å². The molecule has 2 aromatic carbocycles. The number of sulfonamides is 1. The van der Waals surface area contributed by atoms with E-state index in [2.05, 4.69) is 15.7 Å². The second-order valence-corrected chi connectivity index (χ2v) is 10.4. The van der Waals surface area contributed by atoms with E-state index in [1.807, 2.05) is 37.3 Å². The fourth-order valence-corrected chi connectivity index (χ4v) is 5.79. The van der Waals surface area contributed by atoms with Crippen LogP contribution in [0.5, 0.6) is 0 Å². The highest BCUT2D eigenvalue weighted by Crippen LogP contribution is 2.25. The number of likely N-dealkylation sites (tertiary alicyclic amines) is 1. The summed E-state index contributed by atoms with van der Waals surface area (Å²) in [7, 11) is -3.45. The molecule has 7 heteroatoms. The molecule has 0 amide bonds. The van der Waals surface area contributed by atoms with Crippen LogP contribution in [-0.4, -0.2) is 37.9 Å². The van der Waals surface area contributed by atoms with Gasteiger partial charge in [0.05, 0.1) is 21.7 Å². The zero-order chi connectivity index (χ0) is 19.6. The van der Waals surface area contributed by atoms with E-state index in [-0.39, 0.29) is 0 Å². The highest BCUT2D eigenvalue weighted by Gasteiger charge is 2.23. The average Bonchev–Trinajstić information content (AvgIpc) is 3.09. The molecule has 0 saturated carbocycles. The minimum Gasteiger partial charge on any atom is -0.296 e. The minimum atomic E-state index is -3.45. The van der Waals surface area contributed by atoms with Crippen LogP contribution in [0.25, 0.3) is 10.2 Å². The smallest absolute Gasteiger partial charge is 0.240 e. The summed E-state index contributed by atoms with van der Waals surface area (Å²) in [4.78, 5) is 7.46. The van der Waals surface area contributed by atoms with Crippen molar-refractivity contribution in [2.24, 2.45) is 5.92 Å².